The molecule has 1 fully saturated rings. The fraction of sp³-hybridized carbons (Fsp3) is 0.391. The molecular formula is C23H27N3O. The predicted octanol–water partition coefficient (Wildman–Crippen LogP) is 4.76. The van der Waals surface area contributed by atoms with E-state index in [1.807, 2.05) is 36.7 Å². The molecule has 27 heavy (non-hydrogen) atoms. The molecule has 3 aromatic rings. The Morgan fingerprint density at radius 1 is 1.04 bits per heavy atom. The van der Waals surface area contributed by atoms with Crippen LogP contribution < -0.4 is 4.90 Å². The van der Waals surface area contributed by atoms with E-state index in [1.165, 1.54) is 30.5 Å². The Labute approximate surface area is 160 Å². The van der Waals surface area contributed by atoms with Crippen LogP contribution >= 0.6 is 0 Å². The molecule has 0 saturated carbocycles. The number of aromatic nitrogens is 2. The SMILES string of the molecule is Cc1ccn2nc(C)c(C(=O)CCc3ccc(N4CCCCC4)cc3)c2c1. The molecule has 0 aliphatic carbocycles. The van der Waals surface area contributed by atoms with E-state index in [-0.39, 0.29) is 5.78 Å². The summed E-state index contributed by atoms with van der Waals surface area (Å²) in [5, 5.41) is 4.48. The zero-order chi connectivity index (χ0) is 18.8. The van der Waals surface area contributed by atoms with Crippen molar-refractivity contribution in [3.8, 4) is 0 Å². The maximum atomic E-state index is 12.9. The Hall–Kier alpha value is -2.62. The van der Waals surface area contributed by atoms with Gasteiger partial charge in [-0.3, -0.25) is 4.79 Å². The smallest absolute Gasteiger partial charge is 0.167 e. The summed E-state index contributed by atoms with van der Waals surface area (Å²) in [5.41, 5.74) is 6.16. The minimum Gasteiger partial charge on any atom is -0.372 e. The number of hydrogen-bond donors (Lipinski definition) is 0. The summed E-state index contributed by atoms with van der Waals surface area (Å²) in [4.78, 5) is 15.3. The number of benzene rings is 1. The maximum absolute atomic E-state index is 12.9. The van der Waals surface area contributed by atoms with Crippen LogP contribution in [0.25, 0.3) is 5.52 Å². The largest absolute Gasteiger partial charge is 0.372 e. The monoisotopic (exact) mass is 361 g/mol. The Morgan fingerprint density at radius 2 is 1.78 bits per heavy atom. The first-order chi connectivity index (χ1) is 13.1. The highest BCUT2D eigenvalue weighted by molar-refractivity contribution is 6.03. The van der Waals surface area contributed by atoms with E-state index < -0.39 is 0 Å². The summed E-state index contributed by atoms with van der Waals surface area (Å²) < 4.78 is 1.81. The van der Waals surface area contributed by atoms with Crippen LogP contribution in [0.5, 0.6) is 0 Å². The Balaban J connectivity index is 1.45. The molecule has 0 unspecified atom stereocenters. The average Bonchev–Trinajstić information content (AvgIpc) is 3.02. The number of aryl methyl sites for hydroxylation is 3. The molecule has 0 N–H and O–H groups in total. The molecule has 1 aliphatic rings. The number of rotatable bonds is 5. The van der Waals surface area contributed by atoms with Gasteiger partial charge in [-0.1, -0.05) is 12.1 Å². The van der Waals surface area contributed by atoms with E-state index in [0.29, 0.717) is 6.42 Å². The van der Waals surface area contributed by atoms with Crippen LogP contribution in [-0.4, -0.2) is 28.5 Å². The van der Waals surface area contributed by atoms with E-state index >= 15 is 0 Å². The van der Waals surface area contributed by atoms with Crippen molar-refractivity contribution in [2.45, 2.75) is 46.0 Å². The van der Waals surface area contributed by atoms with Gasteiger partial charge < -0.3 is 4.90 Å². The lowest BCUT2D eigenvalue weighted by Gasteiger charge is -2.28. The molecule has 140 valence electrons. The Kier molecular flexibility index (Phi) is 4.97. The van der Waals surface area contributed by atoms with Gasteiger partial charge in [0, 0.05) is 31.4 Å². The molecule has 0 atom stereocenters. The zero-order valence-electron chi connectivity index (χ0n) is 16.2. The molecule has 4 nitrogen and oxygen atoms in total. The lowest BCUT2D eigenvalue weighted by molar-refractivity contribution is 0.0984. The van der Waals surface area contributed by atoms with Crippen LogP contribution in [0.1, 0.15) is 52.9 Å². The van der Waals surface area contributed by atoms with Crippen LogP contribution in [0, 0.1) is 13.8 Å². The predicted molar refractivity (Wildman–Crippen MR) is 110 cm³/mol. The van der Waals surface area contributed by atoms with Crippen molar-refractivity contribution < 1.29 is 4.79 Å². The van der Waals surface area contributed by atoms with E-state index in [1.54, 1.807) is 0 Å². The van der Waals surface area contributed by atoms with Gasteiger partial charge in [0.15, 0.2) is 5.78 Å². The minimum absolute atomic E-state index is 0.174. The van der Waals surface area contributed by atoms with Crippen molar-refractivity contribution in [2.75, 3.05) is 18.0 Å². The van der Waals surface area contributed by atoms with E-state index in [2.05, 4.69) is 34.3 Å². The molecule has 0 amide bonds. The first kappa shape index (κ1) is 17.8. The molecule has 4 rings (SSSR count). The van der Waals surface area contributed by atoms with Crippen LogP contribution in [0.4, 0.5) is 5.69 Å². The third-order valence-electron chi connectivity index (χ3n) is 5.54. The second-order valence-corrected chi connectivity index (χ2v) is 7.63. The summed E-state index contributed by atoms with van der Waals surface area (Å²) in [6.45, 7) is 6.28. The number of piperidine rings is 1. The zero-order valence-corrected chi connectivity index (χ0v) is 16.2. The highest BCUT2D eigenvalue weighted by Crippen LogP contribution is 2.22. The fourth-order valence-corrected chi connectivity index (χ4v) is 4.02. The van der Waals surface area contributed by atoms with Gasteiger partial charge in [-0.25, -0.2) is 4.52 Å². The first-order valence-electron chi connectivity index (χ1n) is 9.94. The van der Waals surface area contributed by atoms with Crippen molar-refractivity contribution in [1.82, 2.24) is 9.61 Å². The second-order valence-electron chi connectivity index (χ2n) is 7.63. The number of ketones is 1. The van der Waals surface area contributed by atoms with Crippen molar-refractivity contribution in [1.29, 1.82) is 0 Å². The van der Waals surface area contributed by atoms with Gasteiger partial charge in [0.25, 0.3) is 0 Å². The quantitative estimate of drug-likeness (QED) is 0.615. The van der Waals surface area contributed by atoms with Crippen LogP contribution in [-0.2, 0) is 6.42 Å². The highest BCUT2D eigenvalue weighted by atomic mass is 16.1. The molecule has 0 radical (unpaired) electrons. The van der Waals surface area contributed by atoms with Gasteiger partial charge in [-0.2, -0.15) is 5.10 Å². The maximum Gasteiger partial charge on any atom is 0.167 e. The third kappa shape index (κ3) is 3.75. The van der Waals surface area contributed by atoms with Crippen molar-refractivity contribution in [3.63, 3.8) is 0 Å². The molecule has 1 aromatic carbocycles. The van der Waals surface area contributed by atoms with Gasteiger partial charge in [-0.05, 0) is 74.9 Å². The van der Waals surface area contributed by atoms with Crippen LogP contribution in [0.2, 0.25) is 0 Å². The van der Waals surface area contributed by atoms with Gasteiger partial charge >= 0.3 is 0 Å². The van der Waals surface area contributed by atoms with Crippen LogP contribution in [0.3, 0.4) is 0 Å². The Morgan fingerprint density at radius 3 is 2.52 bits per heavy atom. The molecule has 3 heterocycles. The summed E-state index contributed by atoms with van der Waals surface area (Å²) >= 11 is 0. The average molecular weight is 361 g/mol. The molecule has 2 aromatic heterocycles. The summed E-state index contributed by atoms with van der Waals surface area (Å²) in [6, 6.07) is 12.8. The third-order valence-corrected chi connectivity index (χ3v) is 5.54. The van der Waals surface area contributed by atoms with Gasteiger partial charge in [0.2, 0.25) is 0 Å². The number of hydrogen-bond acceptors (Lipinski definition) is 3. The van der Waals surface area contributed by atoms with Crippen molar-refractivity contribution in [2.24, 2.45) is 0 Å². The van der Waals surface area contributed by atoms with E-state index in [0.717, 1.165) is 41.8 Å². The number of Topliss-reactive ketones (excluding diaryl/α,β-unsaturated/α-hetero) is 1. The van der Waals surface area contributed by atoms with Crippen LogP contribution in [0.15, 0.2) is 42.6 Å². The minimum atomic E-state index is 0.174. The molecule has 0 bridgehead atoms. The molecule has 1 aliphatic heterocycles. The standard InChI is InChI=1S/C23H27N3O/c1-17-12-15-26-21(16-17)23(18(2)24-26)22(27)11-8-19-6-9-20(10-7-19)25-13-4-3-5-14-25/h6-7,9-10,12,15-16H,3-5,8,11,13-14H2,1-2H3. The number of anilines is 1. The van der Waals surface area contributed by atoms with Crippen molar-refractivity contribution >= 4 is 17.0 Å². The number of carbonyl (C=O) groups is 1. The number of pyridine rings is 1. The summed E-state index contributed by atoms with van der Waals surface area (Å²) in [6.07, 6.45) is 7.12. The van der Waals surface area contributed by atoms with Crippen molar-refractivity contribution in [3.05, 3.63) is 65.0 Å². The number of fused-ring (bicyclic) bond motifs is 1. The highest BCUT2D eigenvalue weighted by Gasteiger charge is 2.17. The molecular weight excluding hydrogens is 334 g/mol. The normalized spacial score (nSPS) is 14.7. The first-order valence-corrected chi connectivity index (χ1v) is 9.94. The second kappa shape index (κ2) is 7.55. The molecule has 1 saturated heterocycles. The molecule has 4 heteroatoms. The van der Waals surface area contributed by atoms with E-state index in [9.17, 15) is 4.79 Å². The fourth-order valence-electron chi connectivity index (χ4n) is 4.02. The topological polar surface area (TPSA) is 37.6 Å². The van der Waals surface area contributed by atoms with E-state index in [4.69, 9.17) is 0 Å². The lowest BCUT2D eigenvalue weighted by Crippen LogP contribution is -2.29. The number of nitrogens with zero attached hydrogens (tertiary/aromatic N) is 3. The number of carbonyl (C=O) groups excluding carboxylic acids is 1. The summed E-state index contributed by atoms with van der Waals surface area (Å²) in [7, 11) is 0. The lowest BCUT2D eigenvalue weighted by atomic mass is 10.0. The Bertz CT molecular complexity index is 950. The van der Waals surface area contributed by atoms with Gasteiger partial charge in [0.1, 0.15) is 0 Å². The van der Waals surface area contributed by atoms with Gasteiger partial charge in [-0.15, -0.1) is 0 Å². The summed E-state index contributed by atoms with van der Waals surface area (Å²) in [5.74, 6) is 0.174. The van der Waals surface area contributed by atoms with Gasteiger partial charge in [0.05, 0.1) is 16.8 Å². The molecule has 0 spiro atoms.